The first kappa shape index (κ1) is 16.5. The third-order valence-corrected chi connectivity index (χ3v) is 8.22. The zero-order valence-corrected chi connectivity index (χ0v) is 19.0. The third-order valence-electron chi connectivity index (χ3n) is 8.22. The Bertz CT molecular complexity index is 898. The molecule has 6 atom stereocenters. The van der Waals surface area contributed by atoms with E-state index in [1.807, 2.05) is 6.08 Å². The Morgan fingerprint density at radius 3 is 2.67 bits per heavy atom. The summed E-state index contributed by atoms with van der Waals surface area (Å²) in [5, 5.41) is 20.9. The molecule has 0 saturated heterocycles. The molecule has 3 rings (SSSR count). The molecule has 2 N–H and O–H groups in total. The summed E-state index contributed by atoms with van der Waals surface area (Å²) < 4.78 is 46.2. The molecule has 2 heteroatoms. The van der Waals surface area contributed by atoms with Gasteiger partial charge in [-0.15, -0.1) is 0 Å². The van der Waals surface area contributed by atoms with Gasteiger partial charge in [0.1, 0.15) is 0 Å². The van der Waals surface area contributed by atoms with Crippen LogP contribution in [0.25, 0.3) is 0 Å². The summed E-state index contributed by atoms with van der Waals surface area (Å²) in [6, 6.07) is 0. The molecule has 3 saturated carbocycles. The van der Waals surface area contributed by atoms with Gasteiger partial charge >= 0.3 is 0 Å². The molecule has 168 valence electrons. The van der Waals surface area contributed by atoms with Crippen molar-refractivity contribution in [3.05, 3.63) is 47.6 Å². The van der Waals surface area contributed by atoms with Gasteiger partial charge in [-0.1, -0.05) is 62.8 Å². The van der Waals surface area contributed by atoms with Crippen molar-refractivity contribution in [2.75, 3.05) is 0 Å². The second kappa shape index (κ2) is 9.17. The van der Waals surface area contributed by atoms with E-state index < -0.39 is 25.2 Å². The molecule has 0 aromatic rings. The van der Waals surface area contributed by atoms with E-state index in [0.29, 0.717) is 18.3 Å². The zero-order valence-electron chi connectivity index (χ0n) is 25.0. The lowest BCUT2D eigenvalue weighted by molar-refractivity contribution is 0.0436. The van der Waals surface area contributed by atoms with Crippen LogP contribution in [0.5, 0.6) is 0 Å². The van der Waals surface area contributed by atoms with Crippen molar-refractivity contribution in [2.24, 2.45) is 29.1 Å². The third kappa shape index (κ3) is 5.02. The van der Waals surface area contributed by atoms with E-state index in [2.05, 4.69) is 32.6 Å². The molecule has 0 amide bonds. The molecule has 0 bridgehead atoms. The van der Waals surface area contributed by atoms with Crippen LogP contribution in [-0.4, -0.2) is 21.9 Å². The lowest BCUT2D eigenvalue weighted by atomic mass is 9.61. The molecule has 2 nitrogen and oxygen atoms in total. The predicted octanol–water partition coefficient (Wildman–Crippen LogP) is 6.76. The van der Waals surface area contributed by atoms with Gasteiger partial charge in [-0.3, -0.25) is 0 Å². The molecule has 0 spiro atoms. The standard InChI is InChI=1S/C28H44O2/c1-19-10-14-24(29)18-23(19)13-12-22-8-7-17-28(6)25(15-16-26(22)28)20(2)9-11-21(3)27(4,5)30/h9,11-13,20-21,24-26,29-30H,1,7-8,10,14-18H2,2-6H3/t20-,21+,24+,25-,26?,28-/m1/s1/i4D3,5D3. The van der Waals surface area contributed by atoms with Crippen molar-refractivity contribution >= 4 is 0 Å². The first-order valence-corrected chi connectivity index (χ1v) is 11.7. The number of aliphatic hydroxyl groups excluding tert-OH is 1. The van der Waals surface area contributed by atoms with Crippen LogP contribution >= 0.6 is 0 Å². The fraction of sp³-hybridized carbons (Fsp3) is 0.714. The van der Waals surface area contributed by atoms with Gasteiger partial charge in [0.25, 0.3) is 0 Å². The number of rotatable bonds is 5. The number of allylic oxidation sites excluding steroid dienone is 5. The Morgan fingerprint density at radius 2 is 1.93 bits per heavy atom. The molecule has 3 fully saturated rings. The van der Waals surface area contributed by atoms with E-state index in [4.69, 9.17) is 8.22 Å². The summed E-state index contributed by atoms with van der Waals surface area (Å²) in [5.74, 6) is -0.0459. The van der Waals surface area contributed by atoms with E-state index >= 15 is 0 Å². The van der Waals surface area contributed by atoms with Crippen LogP contribution in [0.15, 0.2) is 47.6 Å². The number of aliphatic hydroxyl groups is 2. The summed E-state index contributed by atoms with van der Waals surface area (Å²) in [4.78, 5) is 0. The lowest BCUT2D eigenvalue weighted by Gasteiger charge is -2.44. The van der Waals surface area contributed by atoms with Crippen LogP contribution in [-0.2, 0) is 0 Å². The molecule has 3 aliphatic rings. The van der Waals surface area contributed by atoms with Crippen LogP contribution in [0.2, 0.25) is 0 Å². The molecule has 0 aliphatic heterocycles. The minimum absolute atomic E-state index is 0.114. The lowest BCUT2D eigenvalue weighted by Crippen LogP contribution is -2.35. The number of fused-ring (bicyclic) bond motifs is 1. The highest BCUT2D eigenvalue weighted by atomic mass is 16.3. The van der Waals surface area contributed by atoms with E-state index in [1.165, 1.54) is 12.5 Å². The fourth-order valence-electron chi connectivity index (χ4n) is 6.15. The Morgan fingerprint density at radius 1 is 1.17 bits per heavy atom. The van der Waals surface area contributed by atoms with Gasteiger partial charge in [-0.05, 0) is 93.8 Å². The Balaban J connectivity index is 1.78. The van der Waals surface area contributed by atoms with Gasteiger partial charge in [-0.2, -0.15) is 0 Å². The van der Waals surface area contributed by atoms with E-state index in [9.17, 15) is 10.2 Å². The van der Waals surface area contributed by atoms with Gasteiger partial charge in [-0.25, -0.2) is 0 Å². The highest BCUT2D eigenvalue weighted by Crippen LogP contribution is 2.59. The Kier molecular flexibility index (Phi) is 5.04. The normalized spacial score (nSPS) is 41.5. The van der Waals surface area contributed by atoms with E-state index in [0.717, 1.165) is 56.1 Å². The Hall–Kier alpha value is -1.12. The van der Waals surface area contributed by atoms with Crippen LogP contribution < -0.4 is 0 Å². The second-order valence-electron chi connectivity index (χ2n) is 10.3. The van der Waals surface area contributed by atoms with E-state index in [-0.39, 0.29) is 17.4 Å². The second-order valence-corrected chi connectivity index (χ2v) is 10.3. The highest BCUT2D eigenvalue weighted by Gasteiger charge is 2.50. The van der Waals surface area contributed by atoms with Gasteiger partial charge < -0.3 is 10.2 Å². The smallest absolute Gasteiger partial charge is 0.0651 e. The largest absolute Gasteiger partial charge is 0.393 e. The minimum atomic E-state index is -3.02. The summed E-state index contributed by atoms with van der Waals surface area (Å²) in [6.45, 7) is 4.12. The molecular formula is C28H44O2. The summed E-state index contributed by atoms with van der Waals surface area (Å²) in [7, 11) is 0. The van der Waals surface area contributed by atoms with Crippen molar-refractivity contribution in [1.82, 2.24) is 0 Å². The zero-order chi connectivity index (χ0) is 27.1. The number of hydrogen-bond acceptors (Lipinski definition) is 2. The van der Waals surface area contributed by atoms with Crippen LogP contribution in [0, 0.1) is 29.1 Å². The van der Waals surface area contributed by atoms with Gasteiger partial charge in [0.2, 0.25) is 0 Å². The van der Waals surface area contributed by atoms with Gasteiger partial charge in [0.05, 0.1) is 11.7 Å². The maximum absolute atomic E-state index is 10.8. The van der Waals surface area contributed by atoms with Crippen molar-refractivity contribution < 1.29 is 18.4 Å². The van der Waals surface area contributed by atoms with Crippen molar-refractivity contribution in [1.29, 1.82) is 0 Å². The fourth-order valence-corrected chi connectivity index (χ4v) is 6.15. The van der Waals surface area contributed by atoms with Crippen molar-refractivity contribution in [3.63, 3.8) is 0 Å². The topological polar surface area (TPSA) is 40.5 Å². The Labute approximate surface area is 193 Å². The maximum Gasteiger partial charge on any atom is 0.0651 e. The maximum atomic E-state index is 10.8. The molecule has 0 aromatic carbocycles. The molecule has 3 aliphatic carbocycles. The summed E-state index contributed by atoms with van der Waals surface area (Å²) in [5.41, 5.74) is 1.08. The molecule has 0 radical (unpaired) electrons. The monoisotopic (exact) mass is 418 g/mol. The van der Waals surface area contributed by atoms with Gasteiger partial charge in [0.15, 0.2) is 0 Å². The van der Waals surface area contributed by atoms with Crippen molar-refractivity contribution in [2.45, 2.75) is 97.5 Å². The number of hydrogen-bond donors (Lipinski definition) is 2. The first-order chi connectivity index (χ1) is 16.5. The predicted molar refractivity (Wildman–Crippen MR) is 127 cm³/mol. The minimum Gasteiger partial charge on any atom is -0.393 e. The average Bonchev–Trinajstić information content (AvgIpc) is 3.13. The van der Waals surface area contributed by atoms with Crippen LogP contribution in [0.3, 0.4) is 0 Å². The van der Waals surface area contributed by atoms with Crippen LogP contribution in [0.1, 0.15) is 94.1 Å². The van der Waals surface area contributed by atoms with Gasteiger partial charge in [0, 0.05) is 14.1 Å². The average molecular weight is 419 g/mol. The first-order valence-electron chi connectivity index (χ1n) is 14.7. The summed E-state index contributed by atoms with van der Waals surface area (Å²) >= 11 is 0. The molecule has 30 heavy (non-hydrogen) atoms. The molecular weight excluding hydrogens is 368 g/mol. The SMILES string of the molecule is [2H]C([2H])([2H])C(O)([C@@H](C)C=C[C@@H](C)[C@H]1CCC2C(=CC=C3C[C@@H](O)CCC3=C)CCC[C@@]21C)C([2H])([2H])[2H]. The van der Waals surface area contributed by atoms with Crippen LogP contribution in [0.4, 0.5) is 0 Å². The summed E-state index contributed by atoms with van der Waals surface area (Å²) in [6.07, 6.45) is 15.5. The van der Waals surface area contributed by atoms with Crippen molar-refractivity contribution in [3.8, 4) is 0 Å². The molecule has 1 unspecified atom stereocenters. The molecule has 0 heterocycles. The quantitative estimate of drug-likeness (QED) is 0.484. The van der Waals surface area contributed by atoms with E-state index in [1.54, 1.807) is 6.08 Å². The highest BCUT2D eigenvalue weighted by molar-refractivity contribution is 5.36. The molecule has 0 aromatic heterocycles.